The minimum absolute atomic E-state index is 0.0523. The molecule has 7 nitrogen and oxygen atoms in total. The summed E-state index contributed by atoms with van der Waals surface area (Å²) in [5.74, 6) is 0.0731. The lowest BCUT2D eigenvalue weighted by Gasteiger charge is -2.31. The van der Waals surface area contributed by atoms with Gasteiger partial charge < -0.3 is 16.0 Å². The second-order valence-corrected chi connectivity index (χ2v) is 6.28. The van der Waals surface area contributed by atoms with Crippen LogP contribution in [0, 0.1) is 5.92 Å². The van der Waals surface area contributed by atoms with Gasteiger partial charge in [0.1, 0.15) is 6.33 Å². The van der Waals surface area contributed by atoms with Crippen LogP contribution in [0.1, 0.15) is 24.0 Å². The van der Waals surface area contributed by atoms with E-state index < -0.39 is 11.7 Å². The minimum Gasteiger partial charge on any atom is -0.368 e. The molecule has 1 amide bonds. The highest BCUT2D eigenvalue weighted by atomic mass is 19.4. The summed E-state index contributed by atoms with van der Waals surface area (Å²) in [6, 6.07) is 5.24. The molecule has 10 heteroatoms. The number of aromatic nitrogens is 3. The lowest BCUT2D eigenvalue weighted by Crippen LogP contribution is -2.41. The number of nitrogens with zero attached hydrogens (tertiary/aromatic N) is 4. The fourth-order valence-electron chi connectivity index (χ4n) is 3.07. The highest BCUT2D eigenvalue weighted by Crippen LogP contribution is 2.31. The molecule has 0 unspecified atom stereocenters. The standard InChI is InChI=1S/C17H19F3N6O/c18-17(19,20)13-4-2-1-3-12(13)9-22-14(27)11-5-7-26(8-6-11)16-24-10-23-15(21)25-16/h1-4,10-11H,5-9H2,(H,22,27)(H2,21,23,24,25). The number of halogens is 3. The monoisotopic (exact) mass is 380 g/mol. The van der Waals surface area contributed by atoms with Crippen molar-refractivity contribution in [1.29, 1.82) is 0 Å². The number of benzene rings is 1. The molecule has 0 radical (unpaired) electrons. The van der Waals surface area contributed by atoms with Crippen LogP contribution in [0.4, 0.5) is 25.1 Å². The molecule has 2 aromatic rings. The number of alkyl halides is 3. The summed E-state index contributed by atoms with van der Waals surface area (Å²) in [6.07, 6.45) is -2.01. The zero-order chi connectivity index (χ0) is 19.4. The lowest BCUT2D eigenvalue weighted by atomic mass is 9.96. The molecule has 3 N–H and O–H groups in total. The number of nitrogens with two attached hydrogens (primary N) is 1. The van der Waals surface area contributed by atoms with E-state index in [0.29, 0.717) is 31.9 Å². The highest BCUT2D eigenvalue weighted by molar-refractivity contribution is 5.79. The summed E-state index contributed by atoms with van der Waals surface area (Å²) in [7, 11) is 0. The summed E-state index contributed by atoms with van der Waals surface area (Å²) in [5, 5.41) is 2.63. The van der Waals surface area contributed by atoms with Crippen LogP contribution in [-0.4, -0.2) is 33.9 Å². The molecular weight excluding hydrogens is 361 g/mol. The molecule has 1 aromatic carbocycles. The topological polar surface area (TPSA) is 97.0 Å². The zero-order valence-electron chi connectivity index (χ0n) is 14.4. The SMILES string of the molecule is Nc1ncnc(N2CCC(C(=O)NCc3ccccc3C(F)(F)F)CC2)n1. The molecule has 0 spiro atoms. The molecule has 144 valence electrons. The van der Waals surface area contributed by atoms with Gasteiger partial charge in [0, 0.05) is 25.6 Å². The number of piperidine rings is 1. The number of nitrogens with one attached hydrogen (secondary N) is 1. The molecular formula is C17H19F3N6O. The van der Waals surface area contributed by atoms with Crippen molar-refractivity contribution < 1.29 is 18.0 Å². The fourth-order valence-corrected chi connectivity index (χ4v) is 3.07. The number of carbonyl (C=O) groups excluding carboxylic acids is 1. The smallest absolute Gasteiger partial charge is 0.368 e. The summed E-state index contributed by atoms with van der Waals surface area (Å²) < 4.78 is 39.1. The van der Waals surface area contributed by atoms with E-state index in [9.17, 15) is 18.0 Å². The Bertz CT molecular complexity index is 805. The van der Waals surface area contributed by atoms with Crippen molar-refractivity contribution in [2.75, 3.05) is 23.7 Å². The van der Waals surface area contributed by atoms with E-state index in [1.165, 1.54) is 24.5 Å². The molecule has 0 saturated carbocycles. The van der Waals surface area contributed by atoms with Crippen LogP contribution in [0.3, 0.4) is 0 Å². The molecule has 1 saturated heterocycles. The van der Waals surface area contributed by atoms with Crippen LogP contribution in [0.15, 0.2) is 30.6 Å². The van der Waals surface area contributed by atoms with Crippen molar-refractivity contribution in [3.63, 3.8) is 0 Å². The van der Waals surface area contributed by atoms with Crippen LogP contribution in [-0.2, 0) is 17.5 Å². The summed E-state index contributed by atoms with van der Waals surface area (Å²) in [4.78, 5) is 26.1. The van der Waals surface area contributed by atoms with Crippen LogP contribution >= 0.6 is 0 Å². The third-order valence-corrected chi connectivity index (χ3v) is 4.50. The Kier molecular flexibility index (Phi) is 5.43. The van der Waals surface area contributed by atoms with Gasteiger partial charge in [-0.25, -0.2) is 9.97 Å². The van der Waals surface area contributed by atoms with Crippen LogP contribution in [0.2, 0.25) is 0 Å². The van der Waals surface area contributed by atoms with Crippen LogP contribution < -0.4 is 16.0 Å². The van der Waals surface area contributed by atoms with E-state index in [2.05, 4.69) is 20.3 Å². The molecule has 2 heterocycles. The highest BCUT2D eigenvalue weighted by Gasteiger charge is 2.33. The largest absolute Gasteiger partial charge is 0.416 e. The molecule has 27 heavy (non-hydrogen) atoms. The Hall–Kier alpha value is -2.91. The van der Waals surface area contributed by atoms with Gasteiger partial charge in [-0.1, -0.05) is 18.2 Å². The maximum Gasteiger partial charge on any atom is 0.416 e. The van der Waals surface area contributed by atoms with E-state index in [1.807, 2.05) is 4.90 Å². The minimum atomic E-state index is -4.45. The van der Waals surface area contributed by atoms with Crippen LogP contribution in [0.25, 0.3) is 0 Å². The van der Waals surface area contributed by atoms with E-state index in [1.54, 1.807) is 0 Å². The first-order valence-electron chi connectivity index (χ1n) is 8.47. The van der Waals surface area contributed by atoms with Crippen molar-refractivity contribution in [2.24, 2.45) is 5.92 Å². The second kappa shape index (κ2) is 7.77. The number of hydrogen-bond donors (Lipinski definition) is 2. The number of amides is 1. The van der Waals surface area contributed by atoms with Gasteiger partial charge in [-0.15, -0.1) is 0 Å². The molecule has 1 aliphatic rings. The average molecular weight is 380 g/mol. The van der Waals surface area contributed by atoms with Gasteiger partial charge in [0.05, 0.1) is 5.56 Å². The first-order chi connectivity index (χ1) is 12.8. The predicted molar refractivity (Wildman–Crippen MR) is 92.5 cm³/mol. The molecule has 0 atom stereocenters. The second-order valence-electron chi connectivity index (χ2n) is 6.28. The summed E-state index contributed by atoms with van der Waals surface area (Å²) >= 11 is 0. The third-order valence-electron chi connectivity index (χ3n) is 4.50. The number of carbonyl (C=O) groups is 1. The van der Waals surface area contributed by atoms with Gasteiger partial charge >= 0.3 is 6.18 Å². The molecule has 3 rings (SSSR count). The number of hydrogen-bond acceptors (Lipinski definition) is 6. The van der Waals surface area contributed by atoms with E-state index >= 15 is 0 Å². The van der Waals surface area contributed by atoms with Crippen molar-refractivity contribution in [3.8, 4) is 0 Å². The molecule has 0 bridgehead atoms. The van der Waals surface area contributed by atoms with Crippen molar-refractivity contribution in [3.05, 3.63) is 41.7 Å². The fraction of sp³-hybridized carbons (Fsp3) is 0.412. The van der Waals surface area contributed by atoms with Gasteiger partial charge in [-0.05, 0) is 24.5 Å². The van der Waals surface area contributed by atoms with Gasteiger partial charge in [-0.2, -0.15) is 18.2 Å². The Balaban J connectivity index is 1.55. The third kappa shape index (κ3) is 4.63. The number of rotatable bonds is 4. The maximum absolute atomic E-state index is 13.0. The van der Waals surface area contributed by atoms with Crippen molar-refractivity contribution in [1.82, 2.24) is 20.3 Å². The van der Waals surface area contributed by atoms with E-state index in [-0.39, 0.29) is 29.9 Å². The van der Waals surface area contributed by atoms with Crippen molar-refractivity contribution >= 4 is 17.8 Å². The molecule has 0 aliphatic carbocycles. The quantitative estimate of drug-likeness (QED) is 0.842. The number of nitrogen functional groups attached to an aromatic ring is 1. The van der Waals surface area contributed by atoms with E-state index in [0.717, 1.165) is 6.07 Å². The predicted octanol–water partition coefficient (Wildman–Crippen LogP) is 2.01. The molecule has 1 aliphatic heterocycles. The number of anilines is 2. The van der Waals surface area contributed by atoms with E-state index in [4.69, 9.17) is 5.73 Å². The Morgan fingerprint density at radius 2 is 1.93 bits per heavy atom. The van der Waals surface area contributed by atoms with Gasteiger partial charge in [0.25, 0.3) is 0 Å². The molecule has 1 aromatic heterocycles. The van der Waals surface area contributed by atoms with Gasteiger partial charge in [0.2, 0.25) is 17.8 Å². The van der Waals surface area contributed by atoms with Crippen LogP contribution in [0.5, 0.6) is 0 Å². The summed E-state index contributed by atoms with van der Waals surface area (Å²) in [5.41, 5.74) is 4.87. The average Bonchev–Trinajstić information content (AvgIpc) is 2.66. The first-order valence-corrected chi connectivity index (χ1v) is 8.47. The molecule has 1 fully saturated rings. The zero-order valence-corrected chi connectivity index (χ0v) is 14.4. The van der Waals surface area contributed by atoms with Gasteiger partial charge in [0.15, 0.2) is 0 Å². The van der Waals surface area contributed by atoms with Crippen molar-refractivity contribution in [2.45, 2.75) is 25.6 Å². The first kappa shape index (κ1) is 18.9. The normalized spacial score (nSPS) is 15.6. The van der Waals surface area contributed by atoms with Gasteiger partial charge in [-0.3, -0.25) is 4.79 Å². The maximum atomic E-state index is 13.0. The Labute approximate surface area is 153 Å². The Morgan fingerprint density at radius 1 is 1.22 bits per heavy atom. The lowest BCUT2D eigenvalue weighted by molar-refractivity contribution is -0.138. The Morgan fingerprint density at radius 3 is 2.59 bits per heavy atom. The summed E-state index contributed by atoms with van der Waals surface area (Å²) in [6.45, 7) is 0.958.